The molecule has 3 rings (SSSR count). The molecule has 0 saturated carbocycles. The van der Waals surface area contributed by atoms with E-state index in [0.717, 1.165) is 10.3 Å². The first-order valence-electron chi connectivity index (χ1n) is 7.68. The first kappa shape index (κ1) is 16.7. The molecule has 0 fully saturated rings. The van der Waals surface area contributed by atoms with Gasteiger partial charge in [-0.15, -0.1) is 0 Å². The Balaban J connectivity index is 1.73. The number of hydrogen-bond donors (Lipinski definition) is 1. The number of carbonyl (C=O) groups excluding carboxylic acids is 1. The summed E-state index contributed by atoms with van der Waals surface area (Å²) in [5.74, 6) is 0.418. The minimum Gasteiger partial charge on any atom is -0.361 e. The van der Waals surface area contributed by atoms with Gasteiger partial charge >= 0.3 is 5.69 Å². The maximum atomic E-state index is 12.3. The van der Waals surface area contributed by atoms with E-state index in [4.69, 9.17) is 4.52 Å². The van der Waals surface area contributed by atoms with Crippen LogP contribution in [0.25, 0.3) is 11.2 Å². The van der Waals surface area contributed by atoms with Crippen LogP contribution in [0.15, 0.2) is 26.5 Å². The molecule has 0 saturated heterocycles. The zero-order valence-electron chi connectivity index (χ0n) is 14.1. The quantitative estimate of drug-likeness (QED) is 0.639. The number of fused-ring (bicyclic) bond motifs is 1. The maximum Gasteiger partial charge on any atom is 0.332 e. The molecule has 0 aliphatic heterocycles. The largest absolute Gasteiger partial charge is 0.361 e. The molecule has 3 aromatic heterocycles. The predicted molar refractivity (Wildman–Crippen MR) is 88.2 cm³/mol. The number of aryl methyl sites for hydroxylation is 2. The van der Waals surface area contributed by atoms with Crippen LogP contribution >= 0.6 is 0 Å². The number of amides is 1. The van der Waals surface area contributed by atoms with Crippen molar-refractivity contribution in [1.82, 2.24) is 29.2 Å². The molecule has 0 bridgehead atoms. The average Bonchev–Trinajstić information content (AvgIpc) is 3.17. The van der Waals surface area contributed by atoms with Gasteiger partial charge in [0.25, 0.3) is 5.56 Å². The molecule has 3 heterocycles. The number of carbonyl (C=O) groups is 1. The minimum absolute atomic E-state index is 0.0701. The fraction of sp³-hybridized carbons (Fsp3) is 0.400. The highest BCUT2D eigenvalue weighted by Gasteiger charge is 2.15. The highest BCUT2D eigenvalue weighted by Crippen LogP contribution is 2.05. The fourth-order valence-corrected chi connectivity index (χ4v) is 2.59. The van der Waals surface area contributed by atoms with E-state index in [9.17, 15) is 14.4 Å². The maximum absolute atomic E-state index is 12.3. The van der Waals surface area contributed by atoms with Crippen LogP contribution in [-0.4, -0.2) is 36.3 Å². The second-order valence-corrected chi connectivity index (χ2v) is 5.79. The summed E-state index contributed by atoms with van der Waals surface area (Å²) in [5, 5.41) is 6.53. The zero-order chi connectivity index (χ0) is 18.1. The monoisotopic (exact) mass is 346 g/mol. The summed E-state index contributed by atoms with van der Waals surface area (Å²) in [5.41, 5.74) is 0.298. The Labute approximate surface area is 141 Å². The van der Waals surface area contributed by atoms with Crippen molar-refractivity contribution < 1.29 is 9.32 Å². The topological polar surface area (TPSA) is 117 Å². The van der Waals surface area contributed by atoms with Crippen LogP contribution < -0.4 is 16.6 Å². The van der Waals surface area contributed by atoms with Crippen molar-refractivity contribution in [2.24, 2.45) is 14.1 Å². The molecule has 1 amide bonds. The summed E-state index contributed by atoms with van der Waals surface area (Å²) in [4.78, 5) is 40.4. The predicted octanol–water partition coefficient (Wildman–Crippen LogP) is -0.911. The van der Waals surface area contributed by atoms with Gasteiger partial charge in [-0.25, -0.2) is 9.78 Å². The summed E-state index contributed by atoms with van der Waals surface area (Å²) in [6.45, 7) is 2.14. The van der Waals surface area contributed by atoms with Gasteiger partial charge in [-0.2, -0.15) is 0 Å². The molecule has 0 aromatic carbocycles. The summed E-state index contributed by atoms with van der Waals surface area (Å²) < 4.78 is 8.77. The number of imidazole rings is 1. The number of aromatic nitrogens is 5. The third kappa shape index (κ3) is 3.10. The van der Waals surface area contributed by atoms with E-state index in [0.29, 0.717) is 18.7 Å². The van der Waals surface area contributed by atoms with Crippen LogP contribution in [0.1, 0.15) is 11.5 Å². The Morgan fingerprint density at radius 2 is 2.04 bits per heavy atom. The van der Waals surface area contributed by atoms with Gasteiger partial charge in [0.1, 0.15) is 12.3 Å². The van der Waals surface area contributed by atoms with Crippen molar-refractivity contribution in [2.75, 3.05) is 6.54 Å². The lowest BCUT2D eigenvalue weighted by Crippen LogP contribution is -2.38. The summed E-state index contributed by atoms with van der Waals surface area (Å²) in [6.07, 6.45) is 1.90. The molecule has 0 spiro atoms. The second-order valence-electron chi connectivity index (χ2n) is 5.79. The average molecular weight is 346 g/mol. The minimum atomic E-state index is -0.486. The SMILES string of the molecule is Cc1cc(CCNC(=O)Cn2cnc3c2c(=O)n(C)c(=O)n3C)on1. The Morgan fingerprint density at radius 3 is 2.72 bits per heavy atom. The Hall–Kier alpha value is -3.17. The molecule has 10 nitrogen and oxygen atoms in total. The fourth-order valence-electron chi connectivity index (χ4n) is 2.59. The first-order valence-corrected chi connectivity index (χ1v) is 7.68. The van der Waals surface area contributed by atoms with Gasteiger partial charge in [0, 0.05) is 33.1 Å². The zero-order valence-corrected chi connectivity index (χ0v) is 14.1. The van der Waals surface area contributed by atoms with E-state index >= 15 is 0 Å². The lowest BCUT2D eigenvalue weighted by atomic mass is 10.3. The van der Waals surface area contributed by atoms with E-state index in [2.05, 4.69) is 15.5 Å². The van der Waals surface area contributed by atoms with Crippen LogP contribution in [0.4, 0.5) is 0 Å². The highest BCUT2D eigenvalue weighted by molar-refractivity contribution is 5.78. The van der Waals surface area contributed by atoms with Crippen molar-refractivity contribution in [3.63, 3.8) is 0 Å². The molecular formula is C15H18N6O4. The van der Waals surface area contributed by atoms with Crippen molar-refractivity contribution in [1.29, 1.82) is 0 Å². The van der Waals surface area contributed by atoms with Crippen molar-refractivity contribution in [3.05, 3.63) is 44.7 Å². The number of nitrogens with zero attached hydrogens (tertiary/aromatic N) is 5. The standard InChI is InChI=1S/C15H18N6O4/c1-9-6-10(25-18-9)4-5-16-11(22)7-21-8-17-13-12(21)14(23)20(3)15(24)19(13)2/h6,8H,4-5,7H2,1-3H3,(H,16,22). The molecule has 0 atom stereocenters. The second kappa shape index (κ2) is 6.38. The molecular weight excluding hydrogens is 328 g/mol. The summed E-state index contributed by atoms with van der Waals surface area (Å²) in [6, 6.07) is 1.81. The van der Waals surface area contributed by atoms with Crippen LogP contribution in [0.3, 0.4) is 0 Å². The molecule has 0 radical (unpaired) electrons. The molecule has 132 valence electrons. The number of hydrogen-bond acceptors (Lipinski definition) is 6. The van der Waals surface area contributed by atoms with Crippen LogP contribution in [-0.2, 0) is 31.9 Å². The van der Waals surface area contributed by atoms with Crippen molar-refractivity contribution in [2.45, 2.75) is 19.9 Å². The molecule has 0 aliphatic rings. The highest BCUT2D eigenvalue weighted by atomic mass is 16.5. The molecule has 0 aliphatic carbocycles. The molecule has 25 heavy (non-hydrogen) atoms. The Morgan fingerprint density at radius 1 is 1.28 bits per heavy atom. The summed E-state index contributed by atoms with van der Waals surface area (Å²) in [7, 11) is 2.92. The van der Waals surface area contributed by atoms with E-state index in [1.54, 1.807) is 6.07 Å². The van der Waals surface area contributed by atoms with E-state index in [1.807, 2.05) is 6.92 Å². The van der Waals surface area contributed by atoms with Gasteiger partial charge in [-0.1, -0.05) is 5.16 Å². The Bertz CT molecular complexity index is 1050. The normalized spacial score (nSPS) is 11.2. The van der Waals surface area contributed by atoms with Gasteiger partial charge < -0.3 is 14.4 Å². The van der Waals surface area contributed by atoms with Gasteiger partial charge in [-0.05, 0) is 6.92 Å². The van der Waals surface area contributed by atoms with Crippen LogP contribution in [0.2, 0.25) is 0 Å². The van der Waals surface area contributed by atoms with Crippen molar-refractivity contribution in [3.8, 4) is 0 Å². The molecule has 10 heteroatoms. The van der Waals surface area contributed by atoms with E-state index in [1.165, 1.54) is 29.6 Å². The van der Waals surface area contributed by atoms with E-state index in [-0.39, 0.29) is 23.6 Å². The lowest BCUT2D eigenvalue weighted by Gasteiger charge is -2.07. The first-order chi connectivity index (χ1) is 11.9. The van der Waals surface area contributed by atoms with Gasteiger partial charge in [0.05, 0.1) is 12.0 Å². The van der Waals surface area contributed by atoms with Gasteiger partial charge in [0.2, 0.25) is 5.91 Å². The molecule has 3 aromatic rings. The van der Waals surface area contributed by atoms with Gasteiger partial charge in [0.15, 0.2) is 11.2 Å². The van der Waals surface area contributed by atoms with Crippen LogP contribution in [0.5, 0.6) is 0 Å². The lowest BCUT2D eigenvalue weighted by molar-refractivity contribution is -0.121. The summed E-state index contributed by atoms with van der Waals surface area (Å²) >= 11 is 0. The molecule has 0 unspecified atom stereocenters. The smallest absolute Gasteiger partial charge is 0.332 e. The number of rotatable bonds is 5. The number of nitrogens with one attached hydrogen (secondary N) is 1. The van der Waals surface area contributed by atoms with E-state index < -0.39 is 11.2 Å². The third-order valence-corrected chi connectivity index (χ3v) is 3.90. The Kier molecular flexibility index (Phi) is 4.26. The van der Waals surface area contributed by atoms with Crippen molar-refractivity contribution >= 4 is 17.1 Å². The van der Waals surface area contributed by atoms with Gasteiger partial charge in [-0.3, -0.25) is 18.7 Å². The third-order valence-electron chi connectivity index (χ3n) is 3.90. The molecule has 1 N–H and O–H groups in total. The van der Waals surface area contributed by atoms with Crippen LogP contribution in [0, 0.1) is 6.92 Å².